The maximum atomic E-state index is 12.4. The zero-order chi connectivity index (χ0) is 21.3. The van der Waals surface area contributed by atoms with E-state index in [0.29, 0.717) is 50.2 Å². The lowest BCUT2D eigenvalue weighted by molar-refractivity contribution is -0.120. The summed E-state index contributed by atoms with van der Waals surface area (Å²) in [4.78, 5) is 43.8. The van der Waals surface area contributed by atoms with E-state index >= 15 is 0 Å². The van der Waals surface area contributed by atoms with Crippen LogP contribution in [0.3, 0.4) is 0 Å². The normalized spacial score (nSPS) is 13.6. The molecular formula is C20H25N5O4S. The number of urea groups is 1. The third-order valence-corrected chi connectivity index (χ3v) is 5.34. The number of piperazine rings is 1. The van der Waals surface area contributed by atoms with E-state index in [-0.39, 0.29) is 24.5 Å². The topological polar surface area (TPSA) is 104 Å². The highest BCUT2D eigenvalue weighted by Gasteiger charge is 2.25. The van der Waals surface area contributed by atoms with E-state index in [1.54, 1.807) is 22.1 Å². The zero-order valence-corrected chi connectivity index (χ0v) is 17.6. The van der Waals surface area contributed by atoms with E-state index in [1.165, 1.54) is 11.3 Å². The molecule has 0 unspecified atom stereocenters. The Morgan fingerprint density at radius 1 is 1.10 bits per heavy atom. The van der Waals surface area contributed by atoms with Gasteiger partial charge in [-0.15, -0.1) is 11.3 Å². The summed E-state index contributed by atoms with van der Waals surface area (Å²) in [6, 6.07) is 9.40. The van der Waals surface area contributed by atoms with E-state index in [9.17, 15) is 14.4 Å². The Kier molecular flexibility index (Phi) is 7.61. The lowest BCUT2D eigenvalue weighted by Crippen LogP contribution is -2.51. The van der Waals surface area contributed by atoms with Gasteiger partial charge in [-0.05, 0) is 12.5 Å². The first kappa shape index (κ1) is 21.6. The van der Waals surface area contributed by atoms with Gasteiger partial charge in [0.15, 0.2) is 5.13 Å². The van der Waals surface area contributed by atoms with Crippen LogP contribution >= 0.6 is 11.3 Å². The van der Waals surface area contributed by atoms with Gasteiger partial charge in [-0.2, -0.15) is 0 Å². The van der Waals surface area contributed by atoms with Crippen molar-refractivity contribution >= 4 is 34.5 Å². The third kappa shape index (κ3) is 6.18. The molecule has 1 aromatic carbocycles. The van der Waals surface area contributed by atoms with Crippen LogP contribution in [0.5, 0.6) is 0 Å². The minimum absolute atomic E-state index is 0.128. The predicted octanol–water partition coefficient (Wildman–Crippen LogP) is 2.31. The first-order chi connectivity index (χ1) is 14.5. The van der Waals surface area contributed by atoms with Gasteiger partial charge in [0.2, 0.25) is 5.91 Å². The highest BCUT2D eigenvalue weighted by molar-refractivity contribution is 7.13. The van der Waals surface area contributed by atoms with Gasteiger partial charge in [0, 0.05) is 38.1 Å². The molecular weight excluding hydrogens is 406 g/mol. The van der Waals surface area contributed by atoms with Crippen molar-refractivity contribution in [3.8, 4) is 0 Å². The summed E-state index contributed by atoms with van der Waals surface area (Å²) >= 11 is 1.28. The van der Waals surface area contributed by atoms with Gasteiger partial charge >= 0.3 is 12.1 Å². The van der Waals surface area contributed by atoms with Crippen molar-refractivity contribution in [3.63, 3.8) is 0 Å². The molecule has 3 rings (SSSR count). The highest BCUT2D eigenvalue weighted by atomic mass is 32.1. The molecule has 2 aromatic rings. The van der Waals surface area contributed by atoms with Gasteiger partial charge in [-0.25, -0.2) is 14.6 Å². The van der Waals surface area contributed by atoms with Crippen LogP contribution in [-0.2, 0) is 22.5 Å². The van der Waals surface area contributed by atoms with Crippen LogP contribution in [-0.4, -0.2) is 65.6 Å². The molecule has 30 heavy (non-hydrogen) atoms. The Labute approximate surface area is 179 Å². The maximum absolute atomic E-state index is 12.4. The second-order valence-electron chi connectivity index (χ2n) is 6.69. The summed E-state index contributed by atoms with van der Waals surface area (Å²) in [5, 5.41) is 7.82. The number of benzene rings is 1. The number of carbonyl (C=O) groups is 3. The van der Waals surface area contributed by atoms with Crippen LogP contribution in [0.1, 0.15) is 18.2 Å². The number of thiazole rings is 1. The molecule has 2 heterocycles. The monoisotopic (exact) mass is 431 g/mol. The van der Waals surface area contributed by atoms with Gasteiger partial charge in [-0.1, -0.05) is 30.3 Å². The minimum atomic E-state index is -0.354. The molecule has 9 nitrogen and oxygen atoms in total. The lowest BCUT2D eigenvalue weighted by Gasteiger charge is -2.33. The number of hydrogen-bond donors (Lipinski definition) is 2. The van der Waals surface area contributed by atoms with E-state index < -0.39 is 0 Å². The Bertz CT molecular complexity index is 865. The average Bonchev–Trinajstić information content (AvgIpc) is 3.19. The average molecular weight is 432 g/mol. The van der Waals surface area contributed by atoms with Crippen molar-refractivity contribution in [1.29, 1.82) is 0 Å². The summed E-state index contributed by atoms with van der Waals surface area (Å²) in [6.45, 7) is 4.25. The van der Waals surface area contributed by atoms with Crippen LogP contribution < -0.4 is 10.6 Å². The quantitative estimate of drug-likeness (QED) is 0.731. The molecule has 0 aliphatic carbocycles. The van der Waals surface area contributed by atoms with Gasteiger partial charge in [0.25, 0.3) is 0 Å². The smallest absolute Gasteiger partial charge is 0.409 e. The molecule has 1 aliphatic heterocycles. The zero-order valence-electron chi connectivity index (χ0n) is 16.8. The van der Waals surface area contributed by atoms with Crippen molar-refractivity contribution in [2.24, 2.45) is 0 Å². The van der Waals surface area contributed by atoms with E-state index in [4.69, 9.17) is 4.74 Å². The molecule has 1 saturated heterocycles. The van der Waals surface area contributed by atoms with E-state index in [1.807, 2.05) is 30.3 Å². The number of carbonyl (C=O) groups excluding carboxylic acids is 3. The van der Waals surface area contributed by atoms with Crippen molar-refractivity contribution in [2.45, 2.75) is 19.9 Å². The maximum Gasteiger partial charge on any atom is 0.409 e. The highest BCUT2D eigenvalue weighted by Crippen LogP contribution is 2.17. The summed E-state index contributed by atoms with van der Waals surface area (Å²) in [5.74, 6) is -0.128. The first-order valence-electron chi connectivity index (χ1n) is 9.78. The Morgan fingerprint density at radius 3 is 2.50 bits per heavy atom. The van der Waals surface area contributed by atoms with Gasteiger partial charge < -0.3 is 19.9 Å². The fourth-order valence-electron chi connectivity index (χ4n) is 2.95. The molecule has 0 atom stereocenters. The Hall–Kier alpha value is -3.14. The van der Waals surface area contributed by atoms with E-state index in [2.05, 4.69) is 15.6 Å². The minimum Gasteiger partial charge on any atom is -0.450 e. The molecule has 1 aliphatic rings. The molecule has 0 radical (unpaired) electrons. The molecule has 1 aromatic heterocycles. The van der Waals surface area contributed by atoms with Gasteiger partial charge in [0.1, 0.15) is 0 Å². The third-order valence-electron chi connectivity index (χ3n) is 4.53. The molecule has 4 amide bonds. The van der Waals surface area contributed by atoms with Gasteiger partial charge in [0.05, 0.1) is 18.7 Å². The van der Waals surface area contributed by atoms with Crippen molar-refractivity contribution in [2.75, 3.05) is 38.1 Å². The van der Waals surface area contributed by atoms with Crippen LogP contribution in [0.25, 0.3) is 0 Å². The fraction of sp³-hybridized carbons (Fsp3) is 0.400. The summed E-state index contributed by atoms with van der Waals surface area (Å²) in [5.41, 5.74) is 1.63. The van der Waals surface area contributed by atoms with Crippen molar-refractivity contribution in [1.82, 2.24) is 20.1 Å². The Balaban J connectivity index is 1.42. The number of ether oxygens (including phenoxy) is 1. The summed E-state index contributed by atoms with van der Waals surface area (Å²) in [7, 11) is 0. The second kappa shape index (κ2) is 10.6. The number of amides is 4. The second-order valence-corrected chi connectivity index (χ2v) is 7.54. The predicted molar refractivity (Wildman–Crippen MR) is 113 cm³/mol. The lowest BCUT2D eigenvalue weighted by atomic mass is 10.2. The number of nitrogens with zero attached hydrogens (tertiary/aromatic N) is 3. The van der Waals surface area contributed by atoms with Crippen molar-refractivity contribution in [3.05, 3.63) is 47.0 Å². The molecule has 2 N–H and O–H groups in total. The van der Waals surface area contributed by atoms with Crippen molar-refractivity contribution < 1.29 is 19.1 Å². The van der Waals surface area contributed by atoms with Crippen LogP contribution in [0.2, 0.25) is 0 Å². The molecule has 0 spiro atoms. The molecule has 1 fully saturated rings. The fourth-order valence-corrected chi connectivity index (χ4v) is 3.65. The summed E-state index contributed by atoms with van der Waals surface area (Å²) < 4.78 is 4.98. The standard InChI is InChI=1S/C20H25N5O4S/c1-2-29-20(28)25-10-8-24(9-11-25)19(27)23-18-22-16(14-30-18)12-17(26)21-13-15-6-4-3-5-7-15/h3-7,14H,2,8-13H2,1H3,(H,21,26)(H,22,23,27). The number of hydrogen-bond acceptors (Lipinski definition) is 6. The molecule has 160 valence electrons. The van der Waals surface area contributed by atoms with Crippen LogP contribution in [0.4, 0.5) is 14.7 Å². The molecule has 10 heteroatoms. The van der Waals surface area contributed by atoms with Gasteiger partial charge in [-0.3, -0.25) is 10.1 Å². The largest absolute Gasteiger partial charge is 0.450 e. The number of nitrogens with one attached hydrogen (secondary N) is 2. The number of rotatable bonds is 6. The van der Waals surface area contributed by atoms with E-state index in [0.717, 1.165) is 5.56 Å². The molecule has 0 saturated carbocycles. The van der Waals surface area contributed by atoms with Crippen LogP contribution in [0, 0.1) is 0 Å². The summed E-state index contributed by atoms with van der Waals surface area (Å²) in [6.07, 6.45) is -0.204. The number of aromatic nitrogens is 1. The SMILES string of the molecule is CCOC(=O)N1CCN(C(=O)Nc2nc(CC(=O)NCc3ccccc3)cs2)CC1. The number of anilines is 1. The van der Waals surface area contributed by atoms with Crippen LogP contribution in [0.15, 0.2) is 35.7 Å². The first-order valence-corrected chi connectivity index (χ1v) is 10.7. The molecule has 0 bridgehead atoms. The Morgan fingerprint density at radius 2 is 1.80 bits per heavy atom.